The quantitative estimate of drug-likeness (QED) is 0.459. The molecule has 0 amide bonds. The Hall–Kier alpha value is -2.38. The number of benzene rings is 2. The Morgan fingerprint density at radius 3 is 2.60 bits per heavy atom. The van der Waals surface area contributed by atoms with Gasteiger partial charge < -0.3 is 19.0 Å². The van der Waals surface area contributed by atoms with Crippen LogP contribution < -0.4 is 9.50 Å². The van der Waals surface area contributed by atoms with Crippen LogP contribution in [0.1, 0.15) is 30.0 Å². The largest absolute Gasteiger partial charge is 0.385 e. The summed E-state index contributed by atoms with van der Waals surface area (Å²) in [5, 5.41) is 3.50. The van der Waals surface area contributed by atoms with Crippen LogP contribution in [0.4, 0.5) is 5.69 Å². The number of fused-ring (bicyclic) bond motifs is 1. The van der Waals surface area contributed by atoms with E-state index < -0.39 is 10.1 Å². The van der Waals surface area contributed by atoms with Crippen LogP contribution in [0.5, 0.6) is 5.75 Å². The van der Waals surface area contributed by atoms with Crippen LogP contribution in [0.25, 0.3) is 0 Å². The molecule has 0 aliphatic heterocycles. The number of rotatable bonds is 10. The molecule has 2 aromatic rings. The van der Waals surface area contributed by atoms with E-state index in [1.54, 1.807) is 6.07 Å². The first-order valence-corrected chi connectivity index (χ1v) is 12.1. The zero-order valence-electron chi connectivity index (χ0n) is 17.5. The second-order valence-corrected chi connectivity index (χ2v) is 9.31. The predicted molar refractivity (Wildman–Crippen MR) is 118 cm³/mol. The summed E-state index contributed by atoms with van der Waals surface area (Å²) in [6, 6.07) is 13.7. The monoisotopic (exact) mass is 431 g/mol. The van der Waals surface area contributed by atoms with Gasteiger partial charge in [0.2, 0.25) is 0 Å². The molecule has 0 aromatic heterocycles. The van der Waals surface area contributed by atoms with Gasteiger partial charge in [-0.25, -0.2) is 0 Å². The molecule has 0 fully saturated rings. The van der Waals surface area contributed by atoms with E-state index in [-0.39, 0.29) is 6.10 Å². The molecule has 2 atom stereocenters. The molecule has 162 valence electrons. The topological polar surface area (TPSA) is 81.7 Å². The molecule has 0 saturated carbocycles. The molecule has 0 saturated heterocycles. The van der Waals surface area contributed by atoms with Crippen LogP contribution in [0.2, 0.25) is 0 Å². The van der Waals surface area contributed by atoms with E-state index in [4.69, 9.17) is 8.92 Å². The minimum absolute atomic E-state index is 0.383. The van der Waals surface area contributed by atoms with E-state index in [0.29, 0.717) is 24.7 Å². The van der Waals surface area contributed by atoms with E-state index in [1.807, 2.05) is 43.3 Å². The summed E-state index contributed by atoms with van der Waals surface area (Å²) < 4.78 is 33.0. The lowest BCUT2D eigenvalue weighted by molar-refractivity contribution is -0.117. The lowest BCUT2D eigenvalue weighted by Crippen LogP contribution is -2.22. The van der Waals surface area contributed by atoms with Crippen molar-refractivity contribution in [1.82, 2.24) is 0 Å². The number of aldehydes is 1. The fourth-order valence-electron chi connectivity index (χ4n) is 3.82. The number of carbonyl (C=O) groups is 1. The van der Waals surface area contributed by atoms with Gasteiger partial charge in [0, 0.05) is 25.3 Å². The highest BCUT2D eigenvalue weighted by molar-refractivity contribution is 7.86. The maximum absolute atomic E-state index is 11.3. The number of anilines is 1. The molecule has 7 heteroatoms. The highest BCUT2D eigenvalue weighted by atomic mass is 32.2. The third kappa shape index (κ3) is 6.57. The summed E-state index contributed by atoms with van der Waals surface area (Å²) in [4.78, 5) is 11.0. The molecule has 0 heterocycles. The van der Waals surface area contributed by atoms with E-state index in [9.17, 15) is 13.2 Å². The minimum atomic E-state index is -3.50. The van der Waals surface area contributed by atoms with Crippen LogP contribution in [0.15, 0.2) is 42.5 Å². The first kappa shape index (κ1) is 22.3. The van der Waals surface area contributed by atoms with Crippen molar-refractivity contribution in [2.75, 3.05) is 24.7 Å². The zero-order chi connectivity index (χ0) is 21.6. The Balaban J connectivity index is 1.52. The summed E-state index contributed by atoms with van der Waals surface area (Å²) in [7, 11) is -3.50. The van der Waals surface area contributed by atoms with Gasteiger partial charge in [0.25, 0.3) is 0 Å². The fourth-order valence-corrected chi connectivity index (χ4v) is 4.27. The highest BCUT2D eigenvalue weighted by Gasteiger charge is 2.20. The third-order valence-corrected chi connectivity index (χ3v) is 5.77. The number of aryl methyl sites for hydroxylation is 1. The van der Waals surface area contributed by atoms with Gasteiger partial charge in [0.15, 0.2) is 0 Å². The molecule has 0 bridgehead atoms. The van der Waals surface area contributed by atoms with Gasteiger partial charge in [0.1, 0.15) is 18.1 Å². The van der Waals surface area contributed by atoms with Gasteiger partial charge in [-0.2, -0.15) is 8.42 Å². The van der Waals surface area contributed by atoms with E-state index in [2.05, 4.69) is 5.32 Å². The second-order valence-electron chi connectivity index (χ2n) is 7.74. The Labute approximate surface area is 178 Å². The first-order chi connectivity index (χ1) is 14.4. The van der Waals surface area contributed by atoms with E-state index in [0.717, 1.165) is 55.2 Å². The van der Waals surface area contributed by atoms with Gasteiger partial charge in [-0.05, 0) is 73.1 Å². The number of carbonyl (C=O) groups excluding carboxylic acids is 1. The molecule has 1 aliphatic rings. The van der Waals surface area contributed by atoms with Crippen LogP contribution >= 0.6 is 0 Å². The van der Waals surface area contributed by atoms with Gasteiger partial charge in [-0.15, -0.1) is 0 Å². The third-order valence-electron chi connectivity index (χ3n) is 5.27. The van der Waals surface area contributed by atoms with Crippen molar-refractivity contribution in [3.63, 3.8) is 0 Å². The average Bonchev–Trinajstić information content (AvgIpc) is 2.71. The highest BCUT2D eigenvalue weighted by Crippen LogP contribution is 2.29. The van der Waals surface area contributed by atoms with Crippen molar-refractivity contribution in [2.45, 2.75) is 38.7 Å². The van der Waals surface area contributed by atoms with Gasteiger partial charge in [-0.1, -0.05) is 18.2 Å². The number of ether oxygens (including phenoxy) is 1. The Morgan fingerprint density at radius 2 is 1.93 bits per heavy atom. The lowest BCUT2D eigenvalue weighted by atomic mass is 9.84. The smallest absolute Gasteiger partial charge is 0.306 e. The van der Waals surface area contributed by atoms with Crippen LogP contribution in [-0.4, -0.2) is 40.2 Å². The van der Waals surface area contributed by atoms with Crippen molar-refractivity contribution in [3.05, 3.63) is 59.2 Å². The van der Waals surface area contributed by atoms with Crippen molar-refractivity contribution >= 4 is 22.1 Å². The Bertz CT molecular complexity index is 956. The molecule has 0 radical (unpaired) electrons. The molecule has 6 nitrogen and oxygen atoms in total. The molecule has 0 spiro atoms. The van der Waals surface area contributed by atoms with Gasteiger partial charge >= 0.3 is 10.1 Å². The second kappa shape index (κ2) is 10.1. The van der Waals surface area contributed by atoms with Gasteiger partial charge in [0.05, 0.1) is 6.26 Å². The van der Waals surface area contributed by atoms with E-state index >= 15 is 0 Å². The normalized spacial score (nSPS) is 17.1. The molecule has 3 rings (SSSR count). The fraction of sp³-hybridized carbons (Fsp3) is 0.435. The van der Waals surface area contributed by atoms with Crippen LogP contribution in [0, 0.1) is 5.92 Å². The molecule has 2 aromatic carbocycles. The average molecular weight is 432 g/mol. The maximum atomic E-state index is 11.3. The summed E-state index contributed by atoms with van der Waals surface area (Å²) in [5.41, 5.74) is 4.54. The summed E-state index contributed by atoms with van der Waals surface area (Å²) >= 11 is 0. The maximum Gasteiger partial charge on any atom is 0.306 e. The molecular formula is C23H29NO5S. The molecule has 2 unspecified atom stereocenters. The molecule has 30 heavy (non-hydrogen) atoms. The zero-order valence-corrected chi connectivity index (χ0v) is 18.3. The minimum Gasteiger partial charge on any atom is -0.385 e. The SMILES string of the molecule is CCOC(C=O)Cc1ccc(NCC2CCc3cc(OS(C)(=O)=O)ccc3C2)cc1. The Morgan fingerprint density at radius 1 is 1.17 bits per heavy atom. The van der Waals surface area contributed by atoms with Gasteiger partial charge in [-0.3, -0.25) is 0 Å². The summed E-state index contributed by atoms with van der Waals surface area (Å²) in [5.74, 6) is 0.894. The van der Waals surface area contributed by atoms with Crippen molar-refractivity contribution in [3.8, 4) is 5.75 Å². The number of hydrogen-bond acceptors (Lipinski definition) is 6. The van der Waals surface area contributed by atoms with E-state index in [1.165, 1.54) is 5.56 Å². The first-order valence-electron chi connectivity index (χ1n) is 10.3. The summed E-state index contributed by atoms with van der Waals surface area (Å²) in [6.07, 6.45) is 5.01. The Kier molecular flexibility index (Phi) is 7.50. The van der Waals surface area contributed by atoms with Crippen molar-refractivity contribution in [1.29, 1.82) is 0 Å². The standard InChI is InChI=1S/C23H29NO5S/c1-3-28-23(16-25)13-17-5-9-21(10-6-17)24-15-18-4-7-20-14-22(29-30(2,26)27)11-8-19(20)12-18/h5-6,8-11,14,16,18,23-24H,3-4,7,12-13,15H2,1-2H3. The lowest BCUT2D eigenvalue weighted by Gasteiger charge is -2.25. The van der Waals surface area contributed by atoms with Crippen molar-refractivity contribution < 1.29 is 22.1 Å². The summed E-state index contributed by atoms with van der Waals surface area (Å²) in [6.45, 7) is 3.28. The molecule has 1 aliphatic carbocycles. The van der Waals surface area contributed by atoms with Crippen molar-refractivity contribution in [2.24, 2.45) is 5.92 Å². The molecular weight excluding hydrogens is 402 g/mol. The molecule has 1 N–H and O–H groups in total. The van der Waals surface area contributed by atoms with Crippen LogP contribution in [0.3, 0.4) is 0 Å². The number of nitrogens with one attached hydrogen (secondary N) is 1. The number of hydrogen-bond donors (Lipinski definition) is 1. The predicted octanol–water partition coefficient (Wildman–Crippen LogP) is 3.39. The van der Waals surface area contributed by atoms with Crippen LogP contribution in [-0.2, 0) is 38.9 Å².